The lowest BCUT2D eigenvalue weighted by molar-refractivity contribution is 0.212. The number of thiol groups is 1. The van der Waals surface area contributed by atoms with Crippen LogP contribution in [0, 0.1) is 0 Å². The van der Waals surface area contributed by atoms with Gasteiger partial charge in [0.25, 0.3) is 0 Å². The van der Waals surface area contributed by atoms with E-state index in [0.717, 1.165) is 13.0 Å². The zero-order valence-electron chi connectivity index (χ0n) is 6.96. The molecule has 1 saturated heterocycles. The summed E-state index contributed by atoms with van der Waals surface area (Å²) in [5, 5.41) is 0. The summed E-state index contributed by atoms with van der Waals surface area (Å²) < 4.78 is 4.70. The van der Waals surface area contributed by atoms with E-state index in [1.807, 2.05) is 0 Å². The van der Waals surface area contributed by atoms with Gasteiger partial charge in [-0.1, -0.05) is 6.42 Å². The first-order valence-electron chi connectivity index (χ1n) is 4.42. The minimum absolute atomic E-state index is 0.777. The topological polar surface area (TPSA) is 12.5 Å². The standard InChI is InChI=1S/C8H17NOS/c11-10-8-4-7-9-5-2-1-3-6-9/h11H,1-8H2. The second kappa shape index (κ2) is 5.86. The van der Waals surface area contributed by atoms with Crippen LogP contribution in [0.1, 0.15) is 25.7 Å². The molecule has 0 aliphatic carbocycles. The third-order valence-corrected chi connectivity index (χ3v) is 2.34. The largest absolute Gasteiger partial charge is 0.318 e. The summed E-state index contributed by atoms with van der Waals surface area (Å²) in [6, 6.07) is 0. The first-order valence-corrected chi connectivity index (χ1v) is 4.79. The average molecular weight is 175 g/mol. The van der Waals surface area contributed by atoms with Crippen LogP contribution >= 0.6 is 12.9 Å². The Morgan fingerprint density at radius 1 is 1.18 bits per heavy atom. The molecule has 0 atom stereocenters. The molecule has 0 saturated carbocycles. The Bertz CT molecular complexity index is 94.1. The lowest BCUT2D eigenvalue weighted by Crippen LogP contribution is -2.30. The predicted octanol–water partition coefficient (Wildman–Crippen LogP) is 1.72. The summed E-state index contributed by atoms with van der Waals surface area (Å²) in [7, 11) is 0. The van der Waals surface area contributed by atoms with E-state index in [0.29, 0.717) is 0 Å². The van der Waals surface area contributed by atoms with Crippen LogP contribution in [0.25, 0.3) is 0 Å². The van der Waals surface area contributed by atoms with Gasteiger partial charge < -0.3 is 9.08 Å². The van der Waals surface area contributed by atoms with Crippen molar-refractivity contribution in [3.63, 3.8) is 0 Å². The quantitative estimate of drug-likeness (QED) is 0.397. The van der Waals surface area contributed by atoms with Crippen molar-refractivity contribution in [2.75, 3.05) is 26.2 Å². The Balaban J connectivity index is 1.96. The molecule has 0 aromatic carbocycles. The maximum Gasteiger partial charge on any atom is 0.0622 e. The molecule has 66 valence electrons. The predicted molar refractivity (Wildman–Crippen MR) is 49.8 cm³/mol. The summed E-state index contributed by atoms with van der Waals surface area (Å²) in [6.07, 6.45) is 5.28. The number of hydrogen-bond donors (Lipinski definition) is 1. The summed E-state index contributed by atoms with van der Waals surface area (Å²) in [4.78, 5) is 2.51. The normalized spacial score (nSPS) is 20.5. The first kappa shape index (κ1) is 9.36. The highest BCUT2D eigenvalue weighted by atomic mass is 32.1. The van der Waals surface area contributed by atoms with Crippen LogP contribution in [0.4, 0.5) is 0 Å². The molecule has 0 bridgehead atoms. The number of nitrogens with zero attached hydrogens (tertiary/aromatic N) is 1. The summed E-state index contributed by atoms with van der Waals surface area (Å²) in [5.41, 5.74) is 0. The van der Waals surface area contributed by atoms with Gasteiger partial charge in [0.1, 0.15) is 0 Å². The molecule has 0 unspecified atom stereocenters. The minimum Gasteiger partial charge on any atom is -0.318 e. The monoisotopic (exact) mass is 175 g/mol. The van der Waals surface area contributed by atoms with E-state index >= 15 is 0 Å². The molecule has 0 amide bonds. The lowest BCUT2D eigenvalue weighted by Gasteiger charge is -2.25. The van der Waals surface area contributed by atoms with E-state index in [2.05, 4.69) is 17.8 Å². The molecule has 0 spiro atoms. The van der Waals surface area contributed by atoms with Gasteiger partial charge in [-0.3, -0.25) is 0 Å². The Morgan fingerprint density at radius 2 is 1.91 bits per heavy atom. The Kier molecular flexibility index (Phi) is 4.99. The first-order chi connectivity index (χ1) is 5.43. The van der Waals surface area contributed by atoms with E-state index in [9.17, 15) is 0 Å². The van der Waals surface area contributed by atoms with Gasteiger partial charge in [-0.15, -0.1) is 0 Å². The second-order valence-corrected chi connectivity index (χ2v) is 3.35. The zero-order valence-corrected chi connectivity index (χ0v) is 7.85. The smallest absolute Gasteiger partial charge is 0.0622 e. The summed E-state index contributed by atoms with van der Waals surface area (Å²) in [6.45, 7) is 4.53. The van der Waals surface area contributed by atoms with Crippen molar-refractivity contribution in [2.24, 2.45) is 0 Å². The van der Waals surface area contributed by atoms with Gasteiger partial charge in [0.05, 0.1) is 6.61 Å². The highest BCUT2D eigenvalue weighted by molar-refractivity contribution is 7.75. The number of hydrogen-bond acceptors (Lipinski definition) is 3. The maximum absolute atomic E-state index is 4.70. The van der Waals surface area contributed by atoms with Crippen LogP contribution in [-0.4, -0.2) is 31.1 Å². The number of piperidine rings is 1. The van der Waals surface area contributed by atoms with Gasteiger partial charge in [-0.2, -0.15) is 0 Å². The van der Waals surface area contributed by atoms with Crippen molar-refractivity contribution < 1.29 is 4.18 Å². The molecule has 1 aliphatic heterocycles. The molecular formula is C8H17NOS. The molecule has 0 aromatic rings. The third kappa shape index (κ3) is 3.99. The van der Waals surface area contributed by atoms with Crippen molar-refractivity contribution in [1.82, 2.24) is 4.90 Å². The van der Waals surface area contributed by atoms with E-state index in [-0.39, 0.29) is 0 Å². The zero-order chi connectivity index (χ0) is 7.94. The van der Waals surface area contributed by atoms with Gasteiger partial charge in [0.2, 0.25) is 0 Å². The van der Waals surface area contributed by atoms with E-state index in [1.54, 1.807) is 0 Å². The van der Waals surface area contributed by atoms with Gasteiger partial charge in [0, 0.05) is 6.54 Å². The van der Waals surface area contributed by atoms with Crippen molar-refractivity contribution in [2.45, 2.75) is 25.7 Å². The van der Waals surface area contributed by atoms with E-state index < -0.39 is 0 Å². The Morgan fingerprint density at radius 3 is 2.55 bits per heavy atom. The van der Waals surface area contributed by atoms with Crippen LogP contribution in [-0.2, 0) is 4.18 Å². The Hall–Kier alpha value is 0.270. The van der Waals surface area contributed by atoms with Gasteiger partial charge in [0.15, 0.2) is 0 Å². The van der Waals surface area contributed by atoms with Crippen LogP contribution in [0.2, 0.25) is 0 Å². The highest BCUT2D eigenvalue weighted by Gasteiger charge is 2.08. The highest BCUT2D eigenvalue weighted by Crippen LogP contribution is 2.08. The molecule has 1 aliphatic rings. The fraction of sp³-hybridized carbons (Fsp3) is 1.00. The van der Waals surface area contributed by atoms with Crippen LogP contribution in [0.3, 0.4) is 0 Å². The molecule has 0 aromatic heterocycles. The Labute approximate surface area is 74.5 Å². The molecular weight excluding hydrogens is 158 g/mol. The average Bonchev–Trinajstić information content (AvgIpc) is 2.07. The lowest BCUT2D eigenvalue weighted by atomic mass is 10.1. The molecule has 0 radical (unpaired) electrons. The fourth-order valence-electron chi connectivity index (χ4n) is 1.54. The molecule has 3 heteroatoms. The fourth-order valence-corrected chi connectivity index (χ4v) is 1.66. The molecule has 0 N–H and O–H groups in total. The van der Waals surface area contributed by atoms with Crippen LogP contribution in [0.15, 0.2) is 0 Å². The van der Waals surface area contributed by atoms with Crippen LogP contribution in [0.5, 0.6) is 0 Å². The third-order valence-electron chi connectivity index (χ3n) is 2.16. The SMILES string of the molecule is SOCCCN1CCCCC1. The number of likely N-dealkylation sites (tertiary alicyclic amines) is 1. The number of rotatable bonds is 4. The minimum atomic E-state index is 0.777. The second-order valence-electron chi connectivity index (χ2n) is 3.09. The van der Waals surface area contributed by atoms with Crippen molar-refractivity contribution in [3.8, 4) is 0 Å². The molecule has 11 heavy (non-hydrogen) atoms. The van der Waals surface area contributed by atoms with Gasteiger partial charge in [-0.25, -0.2) is 0 Å². The van der Waals surface area contributed by atoms with E-state index in [1.165, 1.54) is 38.9 Å². The van der Waals surface area contributed by atoms with Crippen molar-refractivity contribution in [3.05, 3.63) is 0 Å². The maximum atomic E-state index is 4.70. The van der Waals surface area contributed by atoms with Crippen molar-refractivity contribution >= 4 is 12.9 Å². The summed E-state index contributed by atoms with van der Waals surface area (Å²) in [5.74, 6) is 0. The van der Waals surface area contributed by atoms with Crippen molar-refractivity contribution in [1.29, 1.82) is 0 Å². The summed E-state index contributed by atoms with van der Waals surface area (Å²) >= 11 is 3.70. The van der Waals surface area contributed by atoms with Gasteiger partial charge in [-0.05, 0) is 45.3 Å². The van der Waals surface area contributed by atoms with E-state index in [4.69, 9.17) is 4.18 Å². The molecule has 2 nitrogen and oxygen atoms in total. The van der Waals surface area contributed by atoms with Crippen LogP contribution < -0.4 is 0 Å². The molecule has 1 heterocycles. The molecule has 1 rings (SSSR count). The van der Waals surface area contributed by atoms with Gasteiger partial charge >= 0.3 is 0 Å². The molecule has 1 fully saturated rings.